The van der Waals surface area contributed by atoms with E-state index < -0.39 is 0 Å². The first-order chi connectivity index (χ1) is 64.2. The smallest absolute Gasteiger partial charge is 0.0488 e. The van der Waals surface area contributed by atoms with E-state index in [0.29, 0.717) is 5.41 Å². The molecule has 9 aliphatic rings. The van der Waals surface area contributed by atoms with E-state index in [2.05, 4.69) is 438 Å². The first kappa shape index (κ1) is 80.2. The molecule has 19 aromatic rings. The van der Waals surface area contributed by atoms with Gasteiger partial charge >= 0.3 is 0 Å². The molecule has 19 aromatic carbocycles. The molecule has 4 fully saturated rings. The summed E-state index contributed by atoms with van der Waals surface area (Å²) in [5, 5.41) is 16.3. The average Bonchev–Trinajstić information content (AvgIpc) is 1.00. The van der Waals surface area contributed by atoms with Crippen molar-refractivity contribution in [3.05, 3.63) is 418 Å². The summed E-state index contributed by atoms with van der Waals surface area (Å²) in [7, 11) is 4.41. The second kappa shape index (κ2) is 30.1. The van der Waals surface area contributed by atoms with Gasteiger partial charge in [0.2, 0.25) is 0 Å². The van der Waals surface area contributed by atoms with Crippen molar-refractivity contribution in [1.29, 1.82) is 0 Å². The summed E-state index contributed by atoms with van der Waals surface area (Å²) in [4.78, 5) is 4.73. The Hall–Kier alpha value is -13.9. The van der Waals surface area contributed by atoms with Gasteiger partial charge in [0.05, 0.1) is 0 Å². The lowest BCUT2D eigenvalue weighted by molar-refractivity contribution is -0.00383. The van der Waals surface area contributed by atoms with Crippen LogP contribution < -0.4 is 9.80 Å². The minimum Gasteiger partial charge on any atom is -0.344 e. The van der Waals surface area contributed by atoms with Gasteiger partial charge in [-0.1, -0.05) is 368 Å². The van der Waals surface area contributed by atoms with Gasteiger partial charge in [0.25, 0.3) is 0 Å². The van der Waals surface area contributed by atoms with Gasteiger partial charge in [-0.05, 0) is 353 Å². The van der Waals surface area contributed by atoms with Crippen LogP contribution in [0.25, 0.3) is 166 Å². The fourth-order valence-electron chi connectivity index (χ4n) is 27.1. The van der Waals surface area contributed by atoms with E-state index in [1.165, 1.54) is 287 Å². The van der Waals surface area contributed by atoms with Gasteiger partial charge in [0.1, 0.15) is 0 Å². The average molecular weight is 1700 g/mol. The van der Waals surface area contributed by atoms with E-state index in [4.69, 9.17) is 0 Å². The molecule has 0 atom stereocenters. The Balaban J connectivity index is 0.000000107. The van der Waals surface area contributed by atoms with E-state index in [1.54, 1.807) is 5.56 Å². The number of anilines is 4. The van der Waals surface area contributed by atoms with Crippen LogP contribution in [0.1, 0.15) is 158 Å². The molecule has 0 radical (unpaired) electrons. The van der Waals surface area contributed by atoms with Gasteiger partial charge in [0, 0.05) is 53.1 Å². The predicted octanol–water partition coefficient (Wildman–Crippen LogP) is 34.7. The van der Waals surface area contributed by atoms with Crippen LogP contribution >= 0.6 is 0 Å². The zero-order valence-corrected chi connectivity index (χ0v) is 77.8. The van der Waals surface area contributed by atoms with Gasteiger partial charge in [-0.3, -0.25) is 0 Å². The molecule has 0 saturated heterocycles. The molecule has 4 bridgehead atoms. The third-order valence-corrected chi connectivity index (χ3v) is 32.9. The molecule has 0 N–H and O–H groups in total. The van der Waals surface area contributed by atoms with E-state index in [0.717, 1.165) is 30.6 Å². The highest BCUT2D eigenvalue weighted by molar-refractivity contribution is 6.24. The normalized spacial score (nSPS) is 18.2. The van der Waals surface area contributed by atoms with Crippen molar-refractivity contribution in [2.45, 2.75) is 135 Å². The molecule has 2 heteroatoms. The number of hydrogen-bond donors (Lipinski definition) is 0. The number of rotatable bonds is 6. The Kier molecular flexibility index (Phi) is 18.3. The summed E-state index contributed by atoms with van der Waals surface area (Å²) in [6, 6.07) is 129. The molecule has 4 saturated carbocycles. The van der Waals surface area contributed by atoms with Crippen molar-refractivity contribution in [2.75, 3.05) is 23.9 Å². The minimum atomic E-state index is -0.0107. The van der Waals surface area contributed by atoms with Crippen molar-refractivity contribution in [3.8, 4) is 89.0 Å². The Labute approximate surface area is 777 Å². The molecule has 0 unspecified atom stereocenters. The molecule has 2 heterocycles. The topological polar surface area (TPSA) is 6.48 Å². The Bertz CT molecular complexity index is 8130. The van der Waals surface area contributed by atoms with Gasteiger partial charge in [-0.25, -0.2) is 0 Å². The lowest BCUT2D eigenvalue weighted by Crippen LogP contribution is -2.48. The third-order valence-electron chi connectivity index (χ3n) is 32.9. The molecule has 0 spiro atoms. The van der Waals surface area contributed by atoms with Gasteiger partial charge < -0.3 is 9.80 Å². The van der Waals surface area contributed by atoms with Crippen molar-refractivity contribution >= 4 is 99.5 Å². The lowest BCUT2D eigenvalue weighted by atomic mass is 9.47. The highest BCUT2D eigenvalue weighted by atomic mass is 15.1. The maximum atomic E-state index is 2.51. The van der Waals surface area contributed by atoms with E-state index >= 15 is 0 Å². The Morgan fingerprint density at radius 3 is 1.00 bits per heavy atom. The van der Waals surface area contributed by atoms with Crippen LogP contribution in [0, 0.1) is 38.5 Å². The van der Waals surface area contributed by atoms with Crippen LogP contribution in [0.3, 0.4) is 0 Å². The fraction of sp³-hybridized carbons (Fsp3) is 0.200. The summed E-state index contributed by atoms with van der Waals surface area (Å²) < 4.78 is 0. The molecule has 28 rings (SSSR count). The molecule has 2 aliphatic heterocycles. The van der Waals surface area contributed by atoms with Gasteiger partial charge in [-0.2, -0.15) is 0 Å². The van der Waals surface area contributed by atoms with Gasteiger partial charge in [-0.15, -0.1) is 0 Å². The standard InChI is InChI=1S/C45H37N.C45H35N.C40H38/c2*1-28-17-23-36-38(25-28)44(31-22-24-40-37(26-31)33-12-8-9-15-39(33)45(40,2)3)35-14-7-6-13-34(35)43(36)32-21-20-30-19-18-29-11-5-10-16-41(29)46(4)42(30)27-32;1-24-12-14-32-34(16-24)37(28-13-15-36-33(20-28)29-8-6-7-11-35(29)39(36,2)3)30-9-4-5-10-31(30)38(32)40-21-25-17-26(22-40)19-27(18-25)23-40/h5-17,20-27H,18-19H2,1-4H3;5-27H,1-4H3;4-16,20,25-27H,17-19,21-23H2,1-3H3. The number of hydrogen-bond acceptors (Lipinski definition) is 2. The summed E-state index contributed by atoms with van der Waals surface area (Å²) in [5.41, 5.74) is 46.2. The van der Waals surface area contributed by atoms with E-state index in [1.807, 2.05) is 0 Å². The highest BCUT2D eigenvalue weighted by Gasteiger charge is 2.53. The molecule has 7 aliphatic carbocycles. The zero-order valence-electron chi connectivity index (χ0n) is 77.8. The maximum absolute atomic E-state index is 2.51. The molecule has 640 valence electrons. The second-order valence-electron chi connectivity index (χ2n) is 41.8. The lowest BCUT2D eigenvalue weighted by Gasteiger charge is -2.57. The zero-order chi connectivity index (χ0) is 89.1. The summed E-state index contributed by atoms with van der Waals surface area (Å²) in [5.74, 6) is 2.81. The van der Waals surface area contributed by atoms with Crippen molar-refractivity contribution in [1.82, 2.24) is 0 Å². The van der Waals surface area contributed by atoms with Crippen molar-refractivity contribution in [2.24, 2.45) is 17.8 Å². The van der Waals surface area contributed by atoms with Crippen LogP contribution in [0.4, 0.5) is 22.7 Å². The Morgan fingerprint density at radius 2 is 0.538 bits per heavy atom. The van der Waals surface area contributed by atoms with E-state index in [9.17, 15) is 0 Å². The first-order valence-corrected chi connectivity index (χ1v) is 48.4. The maximum Gasteiger partial charge on any atom is 0.0488 e. The molecular formula is C130H110N2. The molecule has 0 aromatic heterocycles. The Morgan fingerprint density at radius 1 is 0.235 bits per heavy atom. The number of aryl methyl sites for hydroxylation is 5. The monoisotopic (exact) mass is 1700 g/mol. The van der Waals surface area contributed by atoms with Crippen molar-refractivity contribution < 1.29 is 0 Å². The fourth-order valence-corrected chi connectivity index (χ4v) is 27.1. The highest BCUT2D eigenvalue weighted by Crippen LogP contribution is 2.64. The molecule has 2 nitrogen and oxygen atoms in total. The summed E-state index contributed by atoms with van der Waals surface area (Å²) >= 11 is 0. The largest absolute Gasteiger partial charge is 0.344 e. The van der Waals surface area contributed by atoms with Crippen LogP contribution in [-0.4, -0.2) is 14.1 Å². The number of benzene rings is 19. The molecule has 0 amide bonds. The van der Waals surface area contributed by atoms with Crippen LogP contribution in [-0.2, 0) is 34.5 Å². The number of fused-ring (bicyclic) bond motifs is 19. The minimum absolute atomic E-state index is 0.00591. The summed E-state index contributed by atoms with van der Waals surface area (Å²) in [6.07, 6.45) is 15.2. The molecular weight excluding hydrogens is 1590 g/mol. The van der Waals surface area contributed by atoms with Gasteiger partial charge in [0.15, 0.2) is 0 Å². The SMILES string of the molecule is Cc1ccc2c(-c3ccc4c(c3)N(C)c3ccccc3C=C4)c3ccccc3c(-c3ccc4c(c3)-c3ccccc3C4(C)C)c2c1.Cc1ccc2c(-c3ccc4c(c3)N(C)c3ccccc3CC4)c3ccccc3c(-c3ccc4c(c3)-c3ccccc3C4(C)C)c2c1.Cc1ccc2c(C34CC5CC(CC(C5)C3)C4)c3ccccc3c(-c3ccc4c(c3)-c3ccccc3C4(C)C)c2c1. The summed E-state index contributed by atoms with van der Waals surface area (Å²) in [6.45, 7) is 20.9. The predicted molar refractivity (Wildman–Crippen MR) is 564 cm³/mol. The van der Waals surface area contributed by atoms with Crippen molar-refractivity contribution in [3.63, 3.8) is 0 Å². The van der Waals surface area contributed by atoms with Crippen LogP contribution in [0.2, 0.25) is 0 Å². The number of para-hydroxylation sites is 2. The third kappa shape index (κ3) is 12.3. The second-order valence-corrected chi connectivity index (χ2v) is 41.8. The van der Waals surface area contributed by atoms with Crippen LogP contribution in [0.5, 0.6) is 0 Å². The molecule has 132 heavy (non-hydrogen) atoms. The first-order valence-electron chi connectivity index (χ1n) is 48.4. The number of nitrogens with zero attached hydrogens (tertiary/aromatic N) is 2. The quantitative estimate of drug-likeness (QED) is 0.153. The van der Waals surface area contributed by atoms with Crippen LogP contribution in [0.15, 0.2) is 340 Å². The van der Waals surface area contributed by atoms with E-state index in [-0.39, 0.29) is 16.2 Å².